The second kappa shape index (κ2) is 4.55. The van der Waals surface area contributed by atoms with E-state index in [4.69, 9.17) is 4.74 Å². The van der Waals surface area contributed by atoms with Crippen LogP contribution in [0.1, 0.15) is 20.7 Å². The van der Waals surface area contributed by atoms with Crippen molar-refractivity contribution in [1.29, 1.82) is 0 Å². The van der Waals surface area contributed by atoms with Gasteiger partial charge < -0.3 is 10.1 Å². The van der Waals surface area contributed by atoms with Crippen LogP contribution in [0.4, 0.5) is 5.69 Å². The second-order valence-electron chi connectivity index (χ2n) is 3.73. The molecule has 1 aliphatic heterocycles. The van der Waals surface area contributed by atoms with E-state index in [9.17, 15) is 9.59 Å². The maximum Gasteiger partial charge on any atom is 0.263 e. The summed E-state index contributed by atoms with van der Waals surface area (Å²) in [5.41, 5.74) is 1.59. The number of nitrogens with zero attached hydrogens (tertiary/aromatic N) is 1. The molecule has 17 heavy (non-hydrogen) atoms. The Kier molecular flexibility index (Phi) is 3.10. The fourth-order valence-electron chi connectivity index (χ4n) is 1.93. The largest absolute Gasteiger partial charge is 0.387 e. The van der Waals surface area contributed by atoms with Crippen LogP contribution in [-0.4, -0.2) is 44.0 Å². The van der Waals surface area contributed by atoms with Crippen LogP contribution in [0, 0.1) is 0 Å². The summed E-state index contributed by atoms with van der Waals surface area (Å²) in [5.74, 6) is -0.508. The highest BCUT2D eigenvalue weighted by Crippen LogP contribution is 2.28. The van der Waals surface area contributed by atoms with E-state index >= 15 is 0 Å². The summed E-state index contributed by atoms with van der Waals surface area (Å²) in [6, 6.07) is 5.21. The third-order valence-electron chi connectivity index (χ3n) is 2.79. The van der Waals surface area contributed by atoms with Crippen molar-refractivity contribution in [1.82, 2.24) is 4.90 Å². The summed E-state index contributed by atoms with van der Waals surface area (Å²) in [4.78, 5) is 25.3. The molecule has 1 N–H and O–H groups in total. The van der Waals surface area contributed by atoms with Crippen LogP contribution in [0.5, 0.6) is 0 Å². The van der Waals surface area contributed by atoms with Crippen molar-refractivity contribution in [3.05, 3.63) is 29.3 Å². The first-order valence-electron chi connectivity index (χ1n) is 5.36. The predicted molar refractivity (Wildman–Crippen MR) is 63.2 cm³/mol. The van der Waals surface area contributed by atoms with Gasteiger partial charge in [0.1, 0.15) is 0 Å². The van der Waals surface area contributed by atoms with Crippen LogP contribution >= 0.6 is 0 Å². The number of amides is 2. The number of benzene rings is 1. The van der Waals surface area contributed by atoms with E-state index < -0.39 is 0 Å². The van der Waals surface area contributed by atoms with Crippen LogP contribution in [0.25, 0.3) is 0 Å². The minimum Gasteiger partial charge on any atom is -0.387 e. The maximum atomic E-state index is 12.1. The topological polar surface area (TPSA) is 58.6 Å². The molecule has 5 nitrogen and oxygen atoms in total. The average molecular weight is 234 g/mol. The van der Waals surface area contributed by atoms with Crippen molar-refractivity contribution in [2.75, 3.05) is 32.6 Å². The summed E-state index contributed by atoms with van der Waals surface area (Å²) in [6.07, 6.45) is 0. The number of hydrogen-bond acceptors (Lipinski definition) is 4. The molecule has 0 radical (unpaired) electrons. The Labute approximate surface area is 99.4 Å². The first-order chi connectivity index (χ1) is 8.20. The normalized spacial score (nSPS) is 14.1. The zero-order valence-electron chi connectivity index (χ0n) is 9.82. The predicted octanol–water partition coefficient (Wildman–Crippen LogP) is 0.971. The Morgan fingerprint density at radius 3 is 2.71 bits per heavy atom. The lowest BCUT2D eigenvalue weighted by atomic mass is 10.1. The molecule has 1 aromatic rings. The number of fused-ring (bicyclic) bond motifs is 1. The van der Waals surface area contributed by atoms with Gasteiger partial charge in [0.15, 0.2) is 0 Å². The summed E-state index contributed by atoms with van der Waals surface area (Å²) in [7, 11) is 3.27. The second-order valence-corrected chi connectivity index (χ2v) is 3.73. The number of hydrogen-bond donors (Lipinski definition) is 1. The van der Waals surface area contributed by atoms with E-state index in [1.807, 2.05) is 0 Å². The van der Waals surface area contributed by atoms with Gasteiger partial charge >= 0.3 is 0 Å². The number of carbonyl (C=O) groups excluding carboxylic acids is 2. The van der Waals surface area contributed by atoms with Crippen molar-refractivity contribution >= 4 is 17.5 Å². The van der Waals surface area contributed by atoms with Gasteiger partial charge in [-0.3, -0.25) is 14.5 Å². The molecule has 1 aliphatic rings. The van der Waals surface area contributed by atoms with Gasteiger partial charge in [0.05, 0.1) is 24.3 Å². The van der Waals surface area contributed by atoms with Crippen LogP contribution < -0.4 is 5.32 Å². The number of rotatable bonds is 4. The van der Waals surface area contributed by atoms with Crippen molar-refractivity contribution in [3.63, 3.8) is 0 Å². The summed E-state index contributed by atoms with van der Waals surface area (Å²) in [5, 5.41) is 2.92. The van der Waals surface area contributed by atoms with Gasteiger partial charge in [0.2, 0.25) is 0 Å². The van der Waals surface area contributed by atoms with E-state index in [1.54, 1.807) is 25.2 Å². The molecule has 5 heteroatoms. The van der Waals surface area contributed by atoms with Gasteiger partial charge in [0.25, 0.3) is 11.8 Å². The van der Waals surface area contributed by atoms with Gasteiger partial charge in [-0.1, -0.05) is 6.07 Å². The van der Waals surface area contributed by atoms with Crippen LogP contribution in [0.15, 0.2) is 18.2 Å². The highest BCUT2D eigenvalue weighted by molar-refractivity contribution is 6.23. The molecule has 0 spiro atoms. The first kappa shape index (κ1) is 11.6. The quantitative estimate of drug-likeness (QED) is 0.789. The molecule has 0 aliphatic carbocycles. The Balaban J connectivity index is 2.38. The molecule has 0 fully saturated rings. The van der Waals surface area contributed by atoms with Gasteiger partial charge in [-0.25, -0.2) is 0 Å². The Morgan fingerprint density at radius 2 is 2.06 bits per heavy atom. The van der Waals surface area contributed by atoms with Crippen LogP contribution in [-0.2, 0) is 4.74 Å². The van der Waals surface area contributed by atoms with E-state index in [1.165, 1.54) is 12.0 Å². The van der Waals surface area contributed by atoms with E-state index in [-0.39, 0.29) is 18.4 Å². The Morgan fingerprint density at radius 1 is 1.29 bits per heavy atom. The minimum atomic E-state index is -0.257. The molecule has 0 aromatic heterocycles. The number of imide groups is 1. The lowest BCUT2D eigenvalue weighted by Gasteiger charge is -2.12. The molecule has 0 bridgehead atoms. The molecule has 1 heterocycles. The number of methoxy groups -OCH3 is 1. The summed E-state index contributed by atoms with van der Waals surface area (Å²) >= 11 is 0. The Bertz CT molecular complexity index is 471. The molecule has 0 unspecified atom stereocenters. The van der Waals surface area contributed by atoms with Crippen molar-refractivity contribution in [2.45, 2.75) is 0 Å². The SMILES string of the molecule is CNc1cccc2c1C(=O)N(CCOC)C2=O. The third kappa shape index (κ3) is 1.78. The van der Waals surface area contributed by atoms with E-state index in [2.05, 4.69) is 5.32 Å². The van der Waals surface area contributed by atoms with E-state index in [0.717, 1.165) is 0 Å². The van der Waals surface area contributed by atoms with Crippen molar-refractivity contribution < 1.29 is 14.3 Å². The average Bonchev–Trinajstić information content (AvgIpc) is 2.60. The highest BCUT2D eigenvalue weighted by atomic mass is 16.5. The molecule has 2 amide bonds. The van der Waals surface area contributed by atoms with E-state index in [0.29, 0.717) is 23.4 Å². The van der Waals surface area contributed by atoms with Crippen LogP contribution in [0.2, 0.25) is 0 Å². The van der Waals surface area contributed by atoms with Crippen molar-refractivity contribution in [2.24, 2.45) is 0 Å². The zero-order valence-corrected chi connectivity index (χ0v) is 9.82. The number of nitrogens with one attached hydrogen (secondary N) is 1. The fourth-order valence-corrected chi connectivity index (χ4v) is 1.93. The number of ether oxygens (including phenoxy) is 1. The lowest BCUT2D eigenvalue weighted by Crippen LogP contribution is -2.32. The molecular formula is C12H14N2O3. The first-order valence-corrected chi connectivity index (χ1v) is 5.36. The third-order valence-corrected chi connectivity index (χ3v) is 2.79. The Hall–Kier alpha value is -1.88. The molecule has 2 rings (SSSR count). The monoisotopic (exact) mass is 234 g/mol. The molecular weight excluding hydrogens is 220 g/mol. The highest BCUT2D eigenvalue weighted by Gasteiger charge is 2.36. The number of carbonyl (C=O) groups is 2. The minimum absolute atomic E-state index is 0.251. The van der Waals surface area contributed by atoms with Gasteiger partial charge in [0, 0.05) is 19.8 Å². The molecule has 1 aromatic carbocycles. The number of anilines is 1. The fraction of sp³-hybridized carbons (Fsp3) is 0.333. The molecule has 0 saturated carbocycles. The van der Waals surface area contributed by atoms with Crippen molar-refractivity contribution in [3.8, 4) is 0 Å². The van der Waals surface area contributed by atoms with Gasteiger partial charge in [-0.05, 0) is 12.1 Å². The van der Waals surface area contributed by atoms with Crippen LogP contribution in [0.3, 0.4) is 0 Å². The lowest BCUT2D eigenvalue weighted by molar-refractivity contribution is 0.0603. The molecule has 90 valence electrons. The standard InChI is InChI=1S/C12H14N2O3/c1-13-9-5-3-4-8-10(9)12(16)14(11(8)15)6-7-17-2/h3-5,13H,6-7H2,1-2H3. The summed E-state index contributed by atoms with van der Waals surface area (Å²) in [6.45, 7) is 0.631. The molecule has 0 saturated heterocycles. The summed E-state index contributed by atoms with van der Waals surface area (Å²) < 4.78 is 4.89. The van der Waals surface area contributed by atoms with Gasteiger partial charge in [-0.2, -0.15) is 0 Å². The van der Waals surface area contributed by atoms with Gasteiger partial charge in [-0.15, -0.1) is 0 Å². The molecule has 0 atom stereocenters. The zero-order chi connectivity index (χ0) is 12.4. The smallest absolute Gasteiger partial charge is 0.263 e. The maximum absolute atomic E-state index is 12.1.